The van der Waals surface area contributed by atoms with Crippen molar-refractivity contribution in [3.8, 4) is 5.75 Å². The van der Waals surface area contributed by atoms with Crippen molar-refractivity contribution in [3.63, 3.8) is 0 Å². The molecule has 0 aliphatic rings. The molecule has 0 bridgehead atoms. The van der Waals surface area contributed by atoms with Crippen molar-refractivity contribution in [1.29, 1.82) is 0 Å². The van der Waals surface area contributed by atoms with Crippen molar-refractivity contribution in [2.75, 3.05) is 6.61 Å². The average Bonchev–Trinajstić information content (AvgIpc) is 2.17. The van der Waals surface area contributed by atoms with Crippen molar-refractivity contribution in [2.24, 2.45) is 5.73 Å². The Balaban J connectivity index is 2.99. The van der Waals surface area contributed by atoms with Crippen LogP contribution in [0.4, 0.5) is 13.2 Å². The minimum Gasteiger partial charge on any atom is -0.491 e. The molecule has 5 heteroatoms. The molecule has 0 saturated carbocycles. The molecule has 1 aromatic rings. The lowest BCUT2D eigenvalue weighted by molar-refractivity contribution is -0.0298. The van der Waals surface area contributed by atoms with Gasteiger partial charge in [-0.3, -0.25) is 0 Å². The minimum absolute atomic E-state index is 0.0240. The van der Waals surface area contributed by atoms with Crippen LogP contribution in [0.2, 0.25) is 0 Å². The fourth-order valence-corrected chi connectivity index (χ4v) is 1.68. The summed E-state index contributed by atoms with van der Waals surface area (Å²) in [7, 11) is 0. The zero-order valence-corrected chi connectivity index (χ0v) is 10.8. The van der Waals surface area contributed by atoms with Gasteiger partial charge in [-0.2, -0.15) is 0 Å². The summed E-state index contributed by atoms with van der Waals surface area (Å²) >= 11 is 0. The Morgan fingerprint density at radius 2 is 1.89 bits per heavy atom. The number of rotatable bonds is 5. The van der Waals surface area contributed by atoms with Gasteiger partial charge in [0, 0.05) is 17.5 Å². The highest BCUT2D eigenvalue weighted by molar-refractivity contribution is 5.32. The van der Waals surface area contributed by atoms with Gasteiger partial charge in [0.2, 0.25) is 0 Å². The number of halogens is 3. The maximum absolute atomic E-state index is 13.9. The van der Waals surface area contributed by atoms with Crippen molar-refractivity contribution in [2.45, 2.75) is 38.7 Å². The SMILES string of the molecule is CCOc1ccc(C(F)(F)CC(C)(C)N)cc1F. The molecule has 0 aliphatic carbocycles. The van der Waals surface area contributed by atoms with E-state index in [-0.39, 0.29) is 17.9 Å². The number of benzene rings is 1. The molecular weight excluding hydrogens is 243 g/mol. The number of nitrogens with two attached hydrogens (primary N) is 1. The molecule has 2 nitrogen and oxygen atoms in total. The molecule has 1 aromatic carbocycles. The molecule has 18 heavy (non-hydrogen) atoms. The van der Waals surface area contributed by atoms with Crippen molar-refractivity contribution in [3.05, 3.63) is 29.6 Å². The van der Waals surface area contributed by atoms with E-state index in [0.29, 0.717) is 0 Å². The van der Waals surface area contributed by atoms with Gasteiger partial charge in [-0.15, -0.1) is 0 Å². The number of ether oxygens (including phenoxy) is 1. The van der Waals surface area contributed by atoms with Gasteiger partial charge < -0.3 is 10.5 Å². The van der Waals surface area contributed by atoms with Crippen LogP contribution in [-0.4, -0.2) is 12.1 Å². The van der Waals surface area contributed by atoms with Crippen LogP contribution in [0, 0.1) is 5.82 Å². The van der Waals surface area contributed by atoms with Gasteiger partial charge in [-0.25, -0.2) is 13.2 Å². The minimum atomic E-state index is -3.16. The smallest absolute Gasteiger partial charge is 0.275 e. The molecule has 0 aliphatic heterocycles. The molecule has 0 atom stereocenters. The average molecular weight is 261 g/mol. The highest BCUT2D eigenvalue weighted by atomic mass is 19.3. The summed E-state index contributed by atoms with van der Waals surface area (Å²) in [6, 6.07) is 3.18. The first kappa shape index (κ1) is 14.8. The lowest BCUT2D eigenvalue weighted by Gasteiger charge is -2.26. The van der Waals surface area contributed by atoms with Crippen LogP contribution in [0.5, 0.6) is 5.75 Å². The summed E-state index contributed by atoms with van der Waals surface area (Å²) in [6.45, 7) is 4.99. The highest BCUT2D eigenvalue weighted by Gasteiger charge is 2.37. The third kappa shape index (κ3) is 3.91. The molecule has 0 radical (unpaired) electrons. The molecular formula is C13H18F3NO. The zero-order chi connectivity index (χ0) is 14.0. The second kappa shape index (κ2) is 5.18. The Kier molecular flexibility index (Phi) is 4.27. The topological polar surface area (TPSA) is 35.2 Å². The van der Waals surface area contributed by atoms with Crippen LogP contribution in [-0.2, 0) is 5.92 Å². The van der Waals surface area contributed by atoms with E-state index >= 15 is 0 Å². The third-order valence-corrected chi connectivity index (χ3v) is 2.33. The molecule has 0 unspecified atom stereocenters. The standard InChI is InChI=1S/C13H18F3NO/c1-4-18-11-6-5-9(7-10(11)14)13(15,16)8-12(2,3)17/h5-7H,4,8,17H2,1-3H3. The van der Waals surface area contributed by atoms with Crippen LogP contribution in [0.25, 0.3) is 0 Å². The monoisotopic (exact) mass is 261 g/mol. The molecule has 0 aromatic heterocycles. The van der Waals surface area contributed by atoms with E-state index in [1.807, 2.05) is 0 Å². The summed E-state index contributed by atoms with van der Waals surface area (Å²) in [5.41, 5.74) is 4.16. The quantitative estimate of drug-likeness (QED) is 0.881. The summed E-state index contributed by atoms with van der Waals surface area (Å²) < 4.78 is 46.2. The predicted molar refractivity (Wildman–Crippen MR) is 64.3 cm³/mol. The first-order chi connectivity index (χ1) is 8.15. The molecule has 0 saturated heterocycles. The Labute approximate surface area is 105 Å². The second-order valence-electron chi connectivity index (χ2n) is 4.95. The van der Waals surface area contributed by atoms with E-state index in [2.05, 4.69) is 0 Å². The lowest BCUT2D eigenvalue weighted by atomic mass is 9.93. The van der Waals surface area contributed by atoms with E-state index < -0.39 is 23.7 Å². The van der Waals surface area contributed by atoms with Gasteiger partial charge in [0.15, 0.2) is 11.6 Å². The fourth-order valence-electron chi connectivity index (χ4n) is 1.68. The zero-order valence-electron chi connectivity index (χ0n) is 10.8. The van der Waals surface area contributed by atoms with Gasteiger partial charge in [0.25, 0.3) is 5.92 Å². The molecule has 0 spiro atoms. The second-order valence-corrected chi connectivity index (χ2v) is 4.95. The van der Waals surface area contributed by atoms with Crippen LogP contribution in [0.1, 0.15) is 32.8 Å². The third-order valence-electron chi connectivity index (χ3n) is 2.33. The van der Waals surface area contributed by atoms with E-state index in [1.165, 1.54) is 26.0 Å². The van der Waals surface area contributed by atoms with Gasteiger partial charge in [-0.1, -0.05) is 0 Å². The van der Waals surface area contributed by atoms with Crippen LogP contribution < -0.4 is 10.5 Å². The molecule has 2 N–H and O–H groups in total. The number of hydrogen-bond acceptors (Lipinski definition) is 2. The molecule has 0 fully saturated rings. The normalized spacial score (nSPS) is 12.6. The largest absolute Gasteiger partial charge is 0.491 e. The van der Waals surface area contributed by atoms with E-state index in [4.69, 9.17) is 10.5 Å². The first-order valence-corrected chi connectivity index (χ1v) is 5.75. The summed E-state index contributed by atoms with van der Waals surface area (Å²) in [4.78, 5) is 0. The molecule has 0 heterocycles. The van der Waals surface area contributed by atoms with E-state index in [0.717, 1.165) is 6.07 Å². The van der Waals surface area contributed by atoms with Gasteiger partial charge in [0.1, 0.15) is 0 Å². The predicted octanol–water partition coefficient (Wildman–Crippen LogP) is 3.44. The van der Waals surface area contributed by atoms with Gasteiger partial charge in [-0.05, 0) is 39.0 Å². The van der Waals surface area contributed by atoms with Gasteiger partial charge in [0.05, 0.1) is 6.61 Å². The lowest BCUT2D eigenvalue weighted by Crippen LogP contribution is -2.38. The molecule has 0 amide bonds. The Morgan fingerprint density at radius 3 is 2.33 bits per heavy atom. The summed E-state index contributed by atoms with van der Waals surface area (Å²) in [5.74, 6) is -3.97. The molecule has 1 rings (SSSR count). The van der Waals surface area contributed by atoms with Crippen LogP contribution >= 0.6 is 0 Å². The Bertz CT molecular complexity index is 413. The Morgan fingerprint density at radius 1 is 1.28 bits per heavy atom. The van der Waals surface area contributed by atoms with Gasteiger partial charge >= 0.3 is 0 Å². The van der Waals surface area contributed by atoms with E-state index in [1.54, 1.807) is 6.92 Å². The maximum atomic E-state index is 13.9. The molecule has 102 valence electrons. The van der Waals surface area contributed by atoms with Crippen molar-refractivity contribution < 1.29 is 17.9 Å². The Hall–Kier alpha value is -1.23. The van der Waals surface area contributed by atoms with E-state index in [9.17, 15) is 13.2 Å². The maximum Gasteiger partial charge on any atom is 0.275 e. The number of hydrogen-bond donors (Lipinski definition) is 1. The van der Waals surface area contributed by atoms with Crippen LogP contribution in [0.3, 0.4) is 0 Å². The van der Waals surface area contributed by atoms with Crippen molar-refractivity contribution in [1.82, 2.24) is 0 Å². The van der Waals surface area contributed by atoms with Crippen molar-refractivity contribution >= 4 is 0 Å². The van der Waals surface area contributed by atoms with Crippen LogP contribution in [0.15, 0.2) is 18.2 Å². The highest BCUT2D eigenvalue weighted by Crippen LogP contribution is 2.36. The first-order valence-electron chi connectivity index (χ1n) is 5.75. The fraction of sp³-hybridized carbons (Fsp3) is 0.538. The summed E-state index contributed by atoms with van der Waals surface area (Å²) in [6.07, 6.45) is -0.548. The number of alkyl halides is 2. The summed E-state index contributed by atoms with van der Waals surface area (Å²) in [5, 5.41) is 0.